The quantitative estimate of drug-likeness (QED) is 0.606. The van der Waals surface area contributed by atoms with Gasteiger partial charge >= 0.3 is 12.1 Å². The zero-order valence-corrected chi connectivity index (χ0v) is 16.4. The van der Waals surface area contributed by atoms with E-state index in [0.29, 0.717) is 11.4 Å². The zero-order valence-electron chi connectivity index (χ0n) is 16.4. The number of carbonyl (C=O) groups excluding carboxylic acids is 1. The van der Waals surface area contributed by atoms with Gasteiger partial charge in [0, 0.05) is 29.7 Å². The molecule has 0 amide bonds. The molecule has 0 fully saturated rings. The molecule has 0 aliphatic heterocycles. The molecular weight excluding hydrogens is 401 g/mol. The molecule has 0 atom stereocenters. The molecular formula is C20H19F3N4O3. The van der Waals surface area contributed by atoms with E-state index < -0.39 is 17.7 Å². The van der Waals surface area contributed by atoms with Crippen molar-refractivity contribution in [3.8, 4) is 11.4 Å². The summed E-state index contributed by atoms with van der Waals surface area (Å²) < 4.78 is 50.7. The molecule has 2 heterocycles. The zero-order chi connectivity index (χ0) is 21.9. The molecule has 3 rings (SSSR count). The highest BCUT2D eigenvalue weighted by Gasteiger charge is 2.31. The van der Waals surface area contributed by atoms with Gasteiger partial charge in [-0.2, -0.15) is 13.2 Å². The van der Waals surface area contributed by atoms with Gasteiger partial charge in [0.05, 0.1) is 37.6 Å². The van der Waals surface area contributed by atoms with Crippen molar-refractivity contribution in [3.05, 3.63) is 59.5 Å². The normalized spacial score (nSPS) is 11.3. The number of nitrogens with zero attached hydrogens (tertiary/aromatic N) is 3. The van der Waals surface area contributed by atoms with Crippen molar-refractivity contribution < 1.29 is 27.4 Å². The number of aromatic nitrogens is 3. The summed E-state index contributed by atoms with van der Waals surface area (Å²) in [5, 5.41) is 7.25. The van der Waals surface area contributed by atoms with Crippen LogP contribution in [0.2, 0.25) is 0 Å². The van der Waals surface area contributed by atoms with Crippen LogP contribution in [0.4, 0.5) is 24.7 Å². The van der Waals surface area contributed by atoms with Gasteiger partial charge < -0.3 is 14.8 Å². The third-order valence-corrected chi connectivity index (χ3v) is 4.20. The summed E-state index contributed by atoms with van der Waals surface area (Å²) in [6.45, 7) is 1.81. The molecule has 0 saturated carbocycles. The van der Waals surface area contributed by atoms with Crippen molar-refractivity contribution in [2.45, 2.75) is 19.5 Å². The molecule has 0 radical (unpaired) electrons. The molecule has 2 aromatic heterocycles. The largest absolute Gasteiger partial charge is 0.497 e. The van der Waals surface area contributed by atoms with Crippen molar-refractivity contribution in [2.75, 3.05) is 19.5 Å². The molecule has 1 N–H and O–H groups in total. The van der Waals surface area contributed by atoms with Crippen LogP contribution in [0.25, 0.3) is 5.69 Å². The topological polar surface area (TPSA) is 78.3 Å². The molecule has 158 valence electrons. The molecule has 1 aromatic carbocycles. The van der Waals surface area contributed by atoms with Gasteiger partial charge in [0.1, 0.15) is 5.75 Å². The van der Waals surface area contributed by atoms with Crippen molar-refractivity contribution in [1.82, 2.24) is 14.8 Å². The molecule has 30 heavy (non-hydrogen) atoms. The molecule has 10 heteroatoms. The first-order valence-electron chi connectivity index (χ1n) is 8.81. The Labute approximate surface area is 170 Å². The Kier molecular flexibility index (Phi) is 5.95. The number of ether oxygens (including phenoxy) is 2. The Morgan fingerprint density at radius 3 is 2.57 bits per heavy atom. The number of benzene rings is 1. The average molecular weight is 420 g/mol. The SMILES string of the molecule is COC(=O)Cc1cc(Nc2cc(OC)cc(C(F)(F)F)c2)nn1-c1ccnc(C)c1. The first-order chi connectivity index (χ1) is 14.2. The average Bonchev–Trinajstić information content (AvgIpc) is 3.08. The maximum atomic E-state index is 13.2. The third-order valence-electron chi connectivity index (χ3n) is 4.20. The van der Waals surface area contributed by atoms with E-state index in [0.717, 1.165) is 17.8 Å². The van der Waals surface area contributed by atoms with Gasteiger partial charge in [-0.25, -0.2) is 4.68 Å². The van der Waals surface area contributed by atoms with Crippen molar-refractivity contribution >= 4 is 17.5 Å². The van der Waals surface area contributed by atoms with Gasteiger partial charge in [0.2, 0.25) is 0 Å². The lowest BCUT2D eigenvalue weighted by molar-refractivity contribution is -0.140. The summed E-state index contributed by atoms with van der Waals surface area (Å²) in [5.41, 5.74) is 1.17. The molecule has 7 nitrogen and oxygen atoms in total. The fraction of sp³-hybridized carbons (Fsp3) is 0.250. The lowest BCUT2D eigenvalue weighted by Crippen LogP contribution is -2.10. The maximum Gasteiger partial charge on any atom is 0.416 e. The van der Waals surface area contributed by atoms with Crippen molar-refractivity contribution in [2.24, 2.45) is 0 Å². The van der Waals surface area contributed by atoms with E-state index in [-0.39, 0.29) is 23.7 Å². The van der Waals surface area contributed by atoms with Gasteiger partial charge in [-0.05, 0) is 31.2 Å². The number of methoxy groups -OCH3 is 2. The van der Waals surface area contributed by atoms with Crippen LogP contribution in [0.1, 0.15) is 17.0 Å². The number of esters is 1. The minimum Gasteiger partial charge on any atom is -0.497 e. The second-order valence-electron chi connectivity index (χ2n) is 6.41. The number of alkyl halides is 3. The van der Waals surface area contributed by atoms with Gasteiger partial charge in [-0.3, -0.25) is 9.78 Å². The van der Waals surface area contributed by atoms with Gasteiger partial charge in [0.25, 0.3) is 0 Å². The minimum atomic E-state index is -4.53. The number of hydrogen-bond donors (Lipinski definition) is 1. The number of carbonyl (C=O) groups is 1. The van der Waals surface area contributed by atoms with E-state index in [9.17, 15) is 18.0 Å². The summed E-state index contributed by atoms with van der Waals surface area (Å²) in [5.74, 6) is -0.176. The van der Waals surface area contributed by atoms with Crippen LogP contribution in [0, 0.1) is 6.92 Å². The Balaban J connectivity index is 2.01. The Hall–Kier alpha value is -3.56. The molecule has 0 aliphatic rings. The molecule has 0 saturated heterocycles. The Morgan fingerprint density at radius 1 is 1.17 bits per heavy atom. The van der Waals surface area contributed by atoms with Crippen LogP contribution in [0.15, 0.2) is 42.6 Å². The minimum absolute atomic E-state index is 0.0475. The first kappa shape index (κ1) is 21.2. The number of anilines is 2. The van der Waals surface area contributed by atoms with E-state index in [1.807, 2.05) is 0 Å². The summed E-state index contributed by atoms with van der Waals surface area (Å²) >= 11 is 0. The van der Waals surface area contributed by atoms with Crippen LogP contribution < -0.4 is 10.1 Å². The second kappa shape index (κ2) is 8.44. The monoisotopic (exact) mass is 420 g/mol. The summed E-state index contributed by atoms with van der Waals surface area (Å²) in [6, 6.07) is 8.33. The number of halogens is 3. The lowest BCUT2D eigenvalue weighted by Gasteiger charge is -2.12. The summed E-state index contributed by atoms with van der Waals surface area (Å²) in [6.07, 6.45) is -3.01. The van der Waals surface area contributed by atoms with E-state index in [2.05, 4.69) is 15.4 Å². The fourth-order valence-corrected chi connectivity index (χ4v) is 2.81. The number of rotatable bonds is 6. The van der Waals surface area contributed by atoms with Crippen molar-refractivity contribution in [3.63, 3.8) is 0 Å². The first-order valence-corrected chi connectivity index (χ1v) is 8.81. The van der Waals surface area contributed by atoms with Crippen molar-refractivity contribution in [1.29, 1.82) is 0 Å². The predicted molar refractivity (Wildman–Crippen MR) is 103 cm³/mol. The number of aryl methyl sites for hydroxylation is 1. The van der Waals surface area contributed by atoms with E-state index in [1.54, 1.807) is 31.3 Å². The van der Waals surface area contributed by atoms with E-state index in [4.69, 9.17) is 9.47 Å². The predicted octanol–water partition coefficient (Wildman–Crippen LogP) is 4.06. The van der Waals surface area contributed by atoms with Crippen LogP contribution in [0.5, 0.6) is 5.75 Å². The molecule has 0 aliphatic carbocycles. The van der Waals surface area contributed by atoms with Crippen LogP contribution in [0.3, 0.4) is 0 Å². The smallest absolute Gasteiger partial charge is 0.416 e. The molecule has 0 bridgehead atoms. The van der Waals surface area contributed by atoms with Gasteiger partial charge in [-0.1, -0.05) is 0 Å². The fourth-order valence-electron chi connectivity index (χ4n) is 2.81. The van der Waals surface area contributed by atoms with Gasteiger partial charge in [-0.15, -0.1) is 5.10 Å². The lowest BCUT2D eigenvalue weighted by atomic mass is 10.1. The standard InChI is InChI=1S/C20H19F3N4O3/c1-12-6-15(4-5-24-12)27-16(11-19(28)30-3)10-18(26-27)25-14-7-13(20(21,22)23)8-17(9-14)29-2/h4-10H,11H2,1-3H3,(H,25,26). The Morgan fingerprint density at radius 2 is 1.93 bits per heavy atom. The number of hydrogen-bond acceptors (Lipinski definition) is 6. The van der Waals surface area contributed by atoms with E-state index >= 15 is 0 Å². The van der Waals surface area contributed by atoms with Crippen LogP contribution in [-0.4, -0.2) is 35.0 Å². The highest BCUT2D eigenvalue weighted by atomic mass is 19.4. The third kappa shape index (κ3) is 4.88. The Bertz CT molecular complexity index is 1060. The molecule has 0 unspecified atom stereocenters. The van der Waals surface area contributed by atoms with Gasteiger partial charge in [0.15, 0.2) is 5.82 Å². The highest BCUT2D eigenvalue weighted by Crippen LogP contribution is 2.35. The summed E-state index contributed by atoms with van der Waals surface area (Å²) in [7, 11) is 2.56. The van der Waals surface area contributed by atoms with Crippen LogP contribution >= 0.6 is 0 Å². The summed E-state index contributed by atoms with van der Waals surface area (Å²) in [4.78, 5) is 15.9. The number of nitrogens with one attached hydrogen (secondary N) is 1. The number of pyridine rings is 1. The highest BCUT2D eigenvalue weighted by molar-refractivity contribution is 5.73. The molecule has 0 spiro atoms. The second-order valence-corrected chi connectivity index (χ2v) is 6.41. The van der Waals surface area contributed by atoms with Crippen LogP contribution in [-0.2, 0) is 22.1 Å². The maximum absolute atomic E-state index is 13.2. The molecule has 3 aromatic rings. The van der Waals surface area contributed by atoms with E-state index in [1.165, 1.54) is 25.0 Å².